The van der Waals surface area contributed by atoms with E-state index in [1.54, 1.807) is 5.56 Å². The van der Waals surface area contributed by atoms with Gasteiger partial charge in [-0.15, -0.1) is 11.8 Å². The van der Waals surface area contributed by atoms with Crippen molar-refractivity contribution in [1.29, 1.82) is 0 Å². The van der Waals surface area contributed by atoms with Crippen molar-refractivity contribution >= 4 is 23.5 Å². The molecule has 0 radical (unpaired) electrons. The Labute approximate surface area is 119 Å². The molecule has 3 heteroatoms. The number of fused-ring (bicyclic) bond motifs is 1. The molecule has 3 rings (SSSR count). The Morgan fingerprint density at radius 3 is 2.78 bits per heavy atom. The number of benzene rings is 1. The van der Waals surface area contributed by atoms with Crippen LogP contribution in [0.25, 0.3) is 0 Å². The maximum absolute atomic E-state index is 2.68. The summed E-state index contributed by atoms with van der Waals surface area (Å²) < 4.78 is 0. The van der Waals surface area contributed by atoms with Crippen LogP contribution < -0.4 is 0 Å². The van der Waals surface area contributed by atoms with Gasteiger partial charge in [0.2, 0.25) is 0 Å². The SMILES string of the molecule is CSC1CCN(CC2Cc3ccccc3S2)CC1. The lowest BCUT2D eigenvalue weighted by atomic mass is 10.1. The van der Waals surface area contributed by atoms with Gasteiger partial charge >= 0.3 is 0 Å². The Bertz CT molecular complexity index is 374. The normalized spacial score (nSPS) is 25.3. The number of likely N-dealkylation sites (tertiary alicyclic amines) is 1. The molecular weight excluding hydrogens is 258 g/mol. The van der Waals surface area contributed by atoms with Gasteiger partial charge in [-0.3, -0.25) is 0 Å². The van der Waals surface area contributed by atoms with Crippen LogP contribution in [-0.4, -0.2) is 41.3 Å². The van der Waals surface area contributed by atoms with E-state index in [0.29, 0.717) is 0 Å². The molecule has 18 heavy (non-hydrogen) atoms. The average Bonchev–Trinajstić information content (AvgIpc) is 2.82. The van der Waals surface area contributed by atoms with E-state index in [2.05, 4.69) is 47.2 Å². The summed E-state index contributed by atoms with van der Waals surface area (Å²) in [6.45, 7) is 3.89. The topological polar surface area (TPSA) is 3.24 Å². The van der Waals surface area contributed by atoms with Crippen LogP contribution in [0.15, 0.2) is 29.2 Å². The molecule has 2 aliphatic heterocycles. The van der Waals surface area contributed by atoms with Crippen LogP contribution >= 0.6 is 23.5 Å². The highest BCUT2D eigenvalue weighted by atomic mass is 32.2. The fourth-order valence-corrected chi connectivity index (χ4v) is 5.02. The molecule has 1 aromatic rings. The standard InChI is InChI=1S/C15H21NS2/c1-17-13-6-8-16(9-7-13)11-14-10-12-4-2-3-5-15(12)18-14/h2-5,13-14H,6-11H2,1H3. The van der Waals surface area contributed by atoms with Crippen molar-refractivity contribution in [3.63, 3.8) is 0 Å². The summed E-state index contributed by atoms with van der Waals surface area (Å²) in [5.74, 6) is 0. The molecule has 98 valence electrons. The summed E-state index contributed by atoms with van der Waals surface area (Å²) in [5.41, 5.74) is 1.56. The largest absolute Gasteiger partial charge is 0.302 e. The zero-order valence-electron chi connectivity index (χ0n) is 11.0. The van der Waals surface area contributed by atoms with Crippen molar-refractivity contribution in [3.8, 4) is 0 Å². The van der Waals surface area contributed by atoms with Crippen LogP contribution in [-0.2, 0) is 6.42 Å². The minimum absolute atomic E-state index is 0.785. The summed E-state index contributed by atoms with van der Waals surface area (Å²) >= 11 is 4.14. The molecular formula is C15H21NS2. The molecule has 1 atom stereocenters. The third-order valence-corrected chi connectivity index (χ3v) is 6.48. The molecule has 0 N–H and O–H groups in total. The molecule has 0 spiro atoms. The van der Waals surface area contributed by atoms with E-state index in [1.165, 1.54) is 43.8 Å². The van der Waals surface area contributed by atoms with Crippen molar-refractivity contribution in [2.24, 2.45) is 0 Å². The first-order valence-corrected chi connectivity index (χ1v) is 9.01. The van der Waals surface area contributed by atoms with Crippen molar-refractivity contribution in [1.82, 2.24) is 4.90 Å². The zero-order chi connectivity index (χ0) is 12.4. The lowest BCUT2D eigenvalue weighted by molar-refractivity contribution is 0.234. The highest BCUT2D eigenvalue weighted by Crippen LogP contribution is 2.37. The number of hydrogen-bond acceptors (Lipinski definition) is 3. The quantitative estimate of drug-likeness (QED) is 0.833. The van der Waals surface area contributed by atoms with E-state index in [0.717, 1.165) is 10.5 Å². The fourth-order valence-electron chi connectivity index (χ4n) is 2.97. The molecule has 1 saturated heterocycles. The van der Waals surface area contributed by atoms with Gasteiger partial charge in [0.05, 0.1) is 0 Å². The molecule has 0 aromatic heterocycles. The van der Waals surface area contributed by atoms with E-state index in [4.69, 9.17) is 0 Å². The summed E-state index contributed by atoms with van der Waals surface area (Å²) in [5, 5.41) is 1.70. The molecule has 0 bridgehead atoms. The summed E-state index contributed by atoms with van der Waals surface area (Å²) in [6.07, 6.45) is 6.28. The molecule has 2 aliphatic rings. The first-order valence-electron chi connectivity index (χ1n) is 6.85. The molecule has 1 fully saturated rings. The van der Waals surface area contributed by atoms with E-state index in [9.17, 15) is 0 Å². The Morgan fingerprint density at radius 2 is 2.06 bits per heavy atom. The highest BCUT2D eigenvalue weighted by molar-refractivity contribution is 8.00. The van der Waals surface area contributed by atoms with Crippen molar-refractivity contribution < 1.29 is 0 Å². The van der Waals surface area contributed by atoms with Crippen LogP contribution in [0, 0.1) is 0 Å². The summed E-state index contributed by atoms with van der Waals surface area (Å²) in [7, 11) is 0. The summed E-state index contributed by atoms with van der Waals surface area (Å²) in [4.78, 5) is 4.19. The zero-order valence-corrected chi connectivity index (χ0v) is 12.6. The highest BCUT2D eigenvalue weighted by Gasteiger charge is 2.26. The Morgan fingerprint density at radius 1 is 1.28 bits per heavy atom. The van der Waals surface area contributed by atoms with Gasteiger partial charge in [-0.25, -0.2) is 0 Å². The van der Waals surface area contributed by atoms with E-state index in [-0.39, 0.29) is 0 Å². The maximum Gasteiger partial charge on any atom is 0.0263 e. The lowest BCUT2D eigenvalue weighted by Gasteiger charge is -2.32. The molecule has 1 nitrogen and oxygen atoms in total. The number of piperidine rings is 1. The smallest absolute Gasteiger partial charge is 0.0263 e. The Kier molecular flexibility index (Phi) is 4.22. The molecule has 1 aromatic carbocycles. The number of nitrogens with zero attached hydrogens (tertiary/aromatic N) is 1. The predicted octanol–water partition coefficient (Wildman–Crippen LogP) is 3.53. The van der Waals surface area contributed by atoms with Crippen LogP contribution in [0.2, 0.25) is 0 Å². The second-order valence-corrected chi connectivity index (χ2v) is 7.77. The summed E-state index contributed by atoms with van der Waals surface area (Å²) in [6, 6.07) is 8.91. The molecule has 0 amide bonds. The van der Waals surface area contributed by atoms with Crippen molar-refractivity contribution in [2.45, 2.75) is 34.7 Å². The van der Waals surface area contributed by atoms with Crippen LogP contribution in [0.1, 0.15) is 18.4 Å². The van der Waals surface area contributed by atoms with Gasteiger partial charge in [0.1, 0.15) is 0 Å². The predicted molar refractivity (Wildman–Crippen MR) is 82.8 cm³/mol. The third-order valence-electron chi connectivity index (χ3n) is 4.04. The molecule has 0 aliphatic carbocycles. The van der Waals surface area contributed by atoms with Crippen LogP contribution in [0.4, 0.5) is 0 Å². The van der Waals surface area contributed by atoms with Gasteiger partial charge in [-0.1, -0.05) is 18.2 Å². The van der Waals surface area contributed by atoms with E-state index < -0.39 is 0 Å². The minimum atomic E-state index is 0.785. The van der Waals surface area contributed by atoms with Gasteiger partial charge in [0.15, 0.2) is 0 Å². The molecule has 1 unspecified atom stereocenters. The molecule has 0 saturated carbocycles. The first-order chi connectivity index (χ1) is 8.85. The van der Waals surface area contributed by atoms with Gasteiger partial charge in [-0.2, -0.15) is 11.8 Å². The molecule has 2 heterocycles. The number of rotatable bonds is 3. The van der Waals surface area contributed by atoms with Crippen LogP contribution in [0.3, 0.4) is 0 Å². The first kappa shape index (κ1) is 12.9. The second kappa shape index (κ2) is 5.89. The Balaban J connectivity index is 1.51. The fraction of sp³-hybridized carbons (Fsp3) is 0.600. The van der Waals surface area contributed by atoms with Gasteiger partial charge in [0.25, 0.3) is 0 Å². The Hall–Kier alpha value is -0.120. The second-order valence-electron chi connectivity index (χ2n) is 5.29. The van der Waals surface area contributed by atoms with Crippen molar-refractivity contribution in [2.75, 3.05) is 25.9 Å². The monoisotopic (exact) mass is 279 g/mol. The lowest BCUT2D eigenvalue weighted by Crippen LogP contribution is -2.38. The average molecular weight is 279 g/mol. The van der Waals surface area contributed by atoms with E-state index >= 15 is 0 Å². The third kappa shape index (κ3) is 2.89. The number of thioether (sulfide) groups is 2. The van der Waals surface area contributed by atoms with E-state index in [1.807, 2.05) is 11.8 Å². The van der Waals surface area contributed by atoms with Gasteiger partial charge in [0, 0.05) is 21.9 Å². The van der Waals surface area contributed by atoms with Gasteiger partial charge in [-0.05, 0) is 50.2 Å². The van der Waals surface area contributed by atoms with Crippen molar-refractivity contribution in [3.05, 3.63) is 29.8 Å². The van der Waals surface area contributed by atoms with Crippen LogP contribution in [0.5, 0.6) is 0 Å². The minimum Gasteiger partial charge on any atom is -0.302 e. The maximum atomic E-state index is 2.68. The van der Waals surface area contributed by atoms with Gasteiger partial charge < -0.3 is 4.90 Å². The number of hydrogen-bond donors (Lipinski definition) is 0.